The second-order valence-corrected chi connectivity index (χ2v) is 8.56. The van der Waals surface area contributed by atoms with E-state index in [0.29, 0.717) is 6.04 Å². The zero-order valence-electron chi connectivity index (χ0n) is 15.6. The first kappa shape index (κ1) is 17.8. The zero-order valence-corrected chi connectivity index (χ0v) is 17.2. The molecule has 3 heteroatoms. The van der Waals surface area contributed by atoms with Gasteiger partial charge in [0, 0.05) is 27.1 Å². The summed E-state index contributed by atoms with van der Waals surface area (Å²) in [4.78, 5) is 3.79. The molecule has 3 aromatic rings. The van der Waals surface area contributed by atoms with Gasteiger partial charge in [-0.25, -0.2) is 0 Å². The van der Waals surface area contributed by atoms with E-state index >= 15 is 0 Å². The summed E-state index contributed by atoms with van der Waals surface area (Å²) in [6, 6.07) is 18.1. The van der Waals surface area contributed by atoms with E-state index in [9.17, 15) is 0 Å². The highest BCUT2D eigenvalue weighted by Crippen LogP contribution is 2.43. The Morgan fingerprint density at radius 2 is 1.85 bits per heavy atom. The third-order valence-electron chi connectivity index (χ3n) is 5.74. The average Bonchev–Trinajstić information content (AvgIpc) is 3.01. The summed E-state index contributed by atoms with van der Waals surface area (Å²) in [6.07, 6.45) is 5.93. The lowest BCUT2D eigenvalue weighted by atomic mass is 9.76. The topological polar surface area (TPSA) is 27.8 Å². The van der Waals surface area contributed by atoms with Crippen molar-refractivity contribution in [2.24, 2.45) is 0 Å². The molecule has 2 nitrogen and oxygen atoms in total. The largest absolute Gasteiger partial charge is 0.356 e. The van der Waals surface area contributed by atoms with Gasteiger partial charge in [0.05, 0.1) is 5.54 Å². The molecular formula is C23H27BrN2. The Morgan fingerprint density at radius 3 is 2.62 bits per heavy atom. The van der Waals surface area contributed by atoms with Crippen molar-refractivity contribution in [3.63, 3.8) is 0 Å². The molecule has 0 bridgehead atoms. The van der Waals surface area contributed by atoms with Crippen molar-refractivity contribution in [1.29, 1.82) is 0 Å². The Bertz CT molecular complexity index is 896. The number of para-hydroxylation sites is 1. The van der Waals surface area contributed by atoms with Crippen LogP contribution < -0.4 is 5.32 Å². The van der Waals surface area contributed by atoms with Gasteiger partial charge in [-0.1, -0.05) is 72.4 Å². The monoisotopic (exact) mass is 410 g/mol. The summed E-state index contributed by atoms with van der Waals surface area (Å²) in [5, 5.41) is 5.38. The first-order valence-corrected chi connectivity index (χ1v) is 10.6. The fourth-order valence-electron chi connectivity index (χ4n) is 4.57. The predicted octanol–water partition coefficient (Wildman–Crippen LogP) is 6.29. The maximum Gasteiger partial charge on any atom is 0.0846 e. The van der Waals surface area contributed by atoms with Crippen LogP contribution in [-0.2, 0) is 12.0 Å². The van der Waals surface area contributed by atoms with Crippen LogP contribution in [0.1, 0.15) is 56.4 Å². The second kappa shape index (κ2) is 7.21. The molecule has 136 valence electrons. The highest BCUT2D eigenvalue weighted by atomic mass is 79.9. The Labute approximate surface area is 164 Å². The molecule has 2 aromatic carbocycles. The van der Waals surface area contributed by atoms with Crippen LogP contribution in [0, 0.1) is 0 Å². The molecule has 4 rings (SSSR count). The van der Waals surface area contributed by atoms with Crippen LogP contribution in [-0.4, -0.2) is 11.0 Å². The van der Waals surface area contributed by atoms with E-state index in [-0.39, 0.29) is 5.54 Å². The molecule has 0 radical (unpaired) electrons. The van der Waals surface area contributed by atoms with Crippen LogP contribution >= 0.6 is 15.9 Å². The maximum atomic E-state index is 4.00. The molecule has 0 saturated heterocycles. The van der Waals surface area contributed by atoms with Gasteiger partial charge in [0.2, 0.25) is 0 Å². The lowest BCUT2D eigenvalue weighted by molar-refractivity contribution is 0.292. The molecule has 0 spiro atoms. The van der Waals surface area contributed by atoms with E-state index in [1.165, 1.54) is 47.0 Å². The molecule has 1 aliphatic rings. The van der Waals surface area contributed by atoms with E-state index in [1.54, 1.807) is 0 Å². The smallest absolute Gasteiger partial charge is 0.0846 e. The summed E-state index contributed by atoms with van der Waals surface area (Å²) in [6.45, 7) is 4.59. The van der Waals surface area contributed by atoms with Crippen LogP contribution in [0.5, 0.6) is 0 Å². The summed E-state index contributed by atoms with van der Waals surface area (Å²) in [7, 11) is 0. The molecule has 2 atom stereocenters. The normalized spacial score (nSPS) is 22.5. The SMILES string of the molecule is CCCCCC1(c2ccc(Br)cc2)NC(C)Cc2c1[nH]c1ccccc21. The molecule has 1 aromatic heterocycles. The zero-order chi connectivity index (χ0) is 18.1. The van der Waals surface area contributed by atoms with Gasteiger partial charge >= 0.3 is 0 Å². The number of aromatic amines is 1. The summed E-state index contributed by atoms with van der Waals surface area (Å²) in [5.41, 5.74) is 5.34. The third-order valence-corrected chi connectivity index (χ3v) is 6.26. The van der Waals surface area contributed by atoms with Crippen molar-refractivity contribution in [3.8, 4) is 0 Å². The van der Waals surface area contributed by atoms with E-state index < -0.39 is 0 Å². The van der Waals surface area contributed by atoms with Gasteiger partial charge in [0.25, 0.3) is 0 Å². The Hall–Kier alpha value is -1.58. The van der Waals surface area contributed by atoms with E-state index in [1.807, 2.05) is 0 Å². The minimum absolute atomic E-state index is 0.137. The van der Waals surface area contributed by atoms with Gasteiger partial charge in [0.1, 0.15) is 0 Å². The van der Waals surface area contributed by atoms with Crippen LogP contribution in [0.25, 0.3) is 10.9 Å². The molecule has 0 saturated carbocycles. The quantitative estimate of drug-likeness (QED) is 0.475. The molecule has 0 aliphatic carbocycles. The number of rotatable bonds is 5. The standard InChI is InChI=1S/C23H27BrN2/c1-3-4-7-14-23(17-10-12-18(24)13-11-17)22-20(15-16(2)26-23)19-8-5-6-9-21(19)25-22/h5-6,8-13,16,25-26H,3-4,7,14-15H2,1-2H3. The van der Waals surface area contributed by atoms with Crippen LogP contribution in [0.3, 0.4) is 0 Å². The first-order chi connectivity index (χ1) is 12.6. The predicted molar refractivity (Wildman–Crippen MR) is 114 cm³/mol. The number of fused-ring (bicyclic) bond motifs is 3. The Balaban J connectivity index is 1.91. The van der Waals surface area contributed by atoms with Crippen molar-refractivity contribution in [2.75, 3.05) is 0 Å². The summed E-state index contributed by atoms with van der Waals surface area (Å²) in [5.74, 6) is 0. The highest BCUT2D eigenvalue weighted by molar-refractivity contribution is 9.10. The van der Waals surface area contributed by atoms with Gasteiger partial charge in [-0.3, -0.25) is 5.32 Å². The molecular weight excluding hydrogens is 384 g/mol. The van der Waals surface area contributed by atoms with E-state index in [4.69, 9.17) is 0 Å². The minimum Gasteiger partial charge on any atom is -0.356 e. The summed E-state index contributed by atoms with van der Waals surface area (Å²) < 4.78 is 1.13. The number of unbranched alkanes of at least 4 members (excludes halogenated alkanes) is 2. The van der Waals surface area contributed by atoms with Gasteiger partial charge in [-0.15, -0.1) is 0 Å². The number of aromatic nitrogens is 1. The number of nitrogens with one attached hydrogen (secondary N) is 2. The molecule has 2 N–H and O–H groups in total. The number of hydrogen-bond acceptors (Lipinski definition) is 1. The number of halogens is 1. The molecule has 2 unspecified atom stereocenters. The molecule has 0 amide bonds. The van der Waals surface area contributed by atoms with Crippen LogP contribution in [0.2, 0.25) is 0 Å². The number of H-pyrrole nitrogens is 1. The van der Waals surface area contributed by atoms with Crippen molar-refractivity contribution >= 4 is 26.8 Å². The van der Waals surface area contributed by atoms with Crippen molar-refractivity contribution in [3.05, 3.63) is 69.8 Å². The van der Waals surface area contributed by atoms with Crippen LogP contribution in [0.4, 0.5) is 0 Å². The van der Waals surface area contributed by atoms with Crippen LogP contribution in [0.15, 0.2) is 53.0 Å². The second-order valence-electron chi connectivity index (χ2n) is 7.64. The molecule has 26 heavy (non-hydrogen) atoms. The number of benzene rings is 2. The maximum absolute atomic E-state index is 4.00. The van der Waals surface area contributed by atoms with Gasteiger partial charge in [-0.05, 0) is 49.1 Å². The van der Waals surface area contributed by atoms with Gasteiger partial charge < -0.3 is 4.98 Å². The molecule has 1 aliphatic heterocycles. The fourth-order valence-corrected chi connectivity index (χ4v) is 4.83. The molecule has 0 fully saturated rings. The van der Waals surface area contributed by atoms with Crippen molar-refractivity contribution in [1.82, 2.24) is 10.3 Å². The van der Waals surface area contributed by atoms with Crippen molar-refractivity contribution in [2.45, 2.75) is 57.5 Å². The van der Waals surface area contributed by atoms with Gasteiger partial charge in [0.15, 0.2) is 0 Å². The Morgan fingerprint density at radius 1 is 1.08 bits per heavy atom. The average molecular weight is 411 g/mol. The Kier molecular flexibility index (Phi) is 4.94. The van der Waals surface area contributed by atoms with E-state index in [0.717, 1.165) is 17.3 Å². The van der Waals surface area contributed by atoms with E-state index in [2.05, 4.69) is 88.6 Å². The lowest BCUT2D eigenvalue weighted by Crippen LogP contribution is -2.52. The summed E-state index contributed by atoms with van der Waals surface area (Å²) >= 11 is 3.59. The van der Waals surface area contributed by atoms with Crippen molar-refractivity contribution < 1.29 is 0 Å². The number of hydrogen-bond donors (Lipinski definition) is 2. The van der Waals surface area contributed by atoms with Gasteiger partial charge in [-0.2, -0.15) is 0 Å². The third kappa shape index (κ3) is 3.01. The minimum atomic E-state index is -0.137. The fraction of sp³-hybridized carbons (Fsp3) is 0.391. The first-order valence-electron chi connectivity index (χ1n) is 9.78. The molecule has 2 heterocycles. The lowest BCUT2D eigenvalue weighted by Gasteiger charge is -2.42. The highest BCUT2D eigenvalue weighted by Gasteiger charge is 2.41.